The minimum Gasteiger partial charge on any atom is -0.461 e. The molecule has 2 aromatic carbocycles. The summed E-state index contributed by atoms with van der Waals surface area (Å²) in [6, 6.07) is 13.9. The molecule has 0 saturated heterocycles. The van der Waals surface area contributed by atoms with Crippen molar-refractivity contribution in [2.75, 3.05) is 23.4 Å². The first-order valence-electron chi connectivity index (χ1n) is 10.3. The molecule has 0 atom stereocenters. The van der Waals surface area contributed by atoms with E-state index in [0.29, 0.717) is 11.4 Å². The fourth-order valence-electron chi connectivity index (χ4n) is 3.80. The van der Waals surface area contributed by atoms with Crippen LogP contribution >= 0.6 is 0 Å². The molecule has 2 heterocycles. The van der Waals surface area contributed by atoms with Gasteiger partial charge >= 0.3 is 11.9 Å². The predicted molar refractivity (Wildman–Crippen MR) is 120 cm³/mol. The minimum absolute atomic E-state index is 0.184. The molecule has 0 saturated carbocycles. The number of esters is 2. The van der Waals surface area contributed by atoms with Gasteiger partial charge in [0.25, 0.3) is 0 Å². The maximum absolute atomic E-state index is 12.9. The molecule has 2 N–H and O–H groups in total. The Bertz CT molecular complexity index is 1150. The summed E-state index contributed by atoms with van der Waals surface area (Å²) in [4.78, 5) is 30.6. The highest BCUT2D eigenvalue weighted by atomic mass is 16.5. The molecule has 31 heavy (non-hydrogen) atoms. The van der Waals surface area contributed by atoms with Gasteiger partial charge in [-0.05, 0) is 51.5 Å². The van der Waals surface area contributed by atoms with Gasteiger partial charge in [-0.2, -0.15) is 0 Å². The summed E-state index contributed by atoms with van der Waals surface area (Å²) in [5.41, 5.74) is 6.13. The monoisotopic (exact) mass is 419 g/mol. The number of aromatic amines is 1. The van der Waals surface area contributed by atoms with Gasteiger partial charge in [-0.3, -0.25) is 0 Å². The highest BCUT2D eigenvalue weighted by Crippen LogP contribution is 2.52. The topological polar surface area (TPSA) is 83.7 Å². The highest BCUT2D eigenvalue weighted by Gasteiger charge is 2.36. The second-order valence-corrected chi connectivity index (χ2v) is 7.31. The van der Waals surface area contributed by atoms with E-state index in [1.54, 1.807) is 13.8 Å². The molecule has 7 nitrogen and oxygen atoms in total. The Kier molecular flexibility index (Phi) is 5.42. The zero-order chi connectivity index (χ0) is 22.1. The smallest absolute Gasteiger partial charge is 0.357 e. The molecule has 0 radical (unpaired) electrons. The Labute approximate surface area is 181 Å². The van der Waals surface area contributed by atoms with Crippen LogP contribution in [0, 0.1) is 13.8 Å². The molecule has 0 fully saturated rings. The number of H-pyrrole nitrogens is 1. The third kappa shape index (κ3) is 3.52. The van der Waals surface area contributed by atoms with Crippen molar-refractivity contribution in [1.29, 1.82) is 0 Å². The summed E-state index contributed by atoms with van der Waals surface area (Å²) in [5, 5.41) is 3.34. The summed E-state index contributed by atoms with van der Waals surface area (Å²) >= 11 is 0. The fraction of sp³-hybridized carbons (Fsp3) is 0.250. The van der Waals surface area contributed by atoms with Crippen molar-refractivity contribution in [3.05, 3.63) is 65.0 Å². The Morgan fingerprint density at radius 1 is 0.871 bits per heavy atom. The SMILES string of the molecule is CCOC(=O)c1[nH]c(C(=O)OCC)c2c1Nc1cccc(C)c1N2c1ccc(C)cc1. The Morgan fingerprint density at radius 2 is 1.52 bits per heavy atom. The van der Waals surface area contributed by atoms with Crippen molar-refractivity contribution < 1.29 is 19.1 Å². The van der Waals surface area contributed by atoms with Gasteiger partial charge in [0.2, 0.25) is 0 Å². The van der Waals surface area contributed by atoms with Crippen LogP contribution in [0.5, 0.6) is 0 Å². The largest absolute Gasteiger partial charge is 0.461 e. The molecule has 0 amide bonds. The Balaban J connectivity index is 2.01. The Hall–Kier alpha value is -3.74. The lowest BCUT2D eigenvalue weighted by Crippen LogP contribution is -2.21. The number of aromatic nitrogens is 1. The van der Waals surface area contributed by atoms with Crippen molar-refractivity contribution in [3.63, 3.8) is 0 Å². The summed E-state index contributed by atoms with van der Waals surface area (Å²) in [5.74, 6) is -1.08. The molecule has 7 heteroatoms. The lowest BCUT2D eigenvalue weighted by Gasteiger charge is -2.34. The molecule has 0 bridgehead atoms. The van der Waals surface area contributed by atoms with Gasteiger partial charge in [-0.25, -0.2) is 9.59 Å². The predicted octanol–water partition coefficient (Wildman–Crippen LogP) is 5.51. The summed E-state index contributed by atoms with van der Waals surface area (Å²) < 4.78 is 10.5. The molecule has 1 aliphatic rings. The molecular formula is C24H25N3O4. The first-order chi connectivity index (χ1) is 15.0. The van der Waals surface area contributed by atoms with E-state index in [2.05, 4.69) is 10.3 Å². The second kappa shape index (κ2) is 8.18. The first kappa shape index (κ1) is 20.5. The van der Waals surface area contributed by atoms with Gasteiger partial charge in [-0.15, -0.1) is 0 Å². The van der Waals surface area contributed by atoms with Gasteiger partial charge in [0.05, 0.1) is 30.3 Å². The van der Waals surface area contributed by atoms with Crippen LogP contribution in [0.1, 0.15) is 46.0 Å². The zero-order valence-corrected chi connectivity index (χ0v) is 18.0. The molecule has 0 spiro atoms. The van der Waals surface area contributed by atoms with Crippen LogP contribution in [0.25, 0.3) is 0 Å². The van der Waals surface area contributed by atoms with Crippen LogP contribution in [-0.2, 0) is 9.47 Å². The van der Waals surface area contributed by atoms with E-state index >= 15 is 0 Å². The number of hydrogen-bond acceptors (Lipinski definition) is 6. The van der Waals surface area contributed by atoms with E-state index in [9.17, 15) is 9.59 Å². The maximum atomic E-state index is 12.9. The summed E-state index contributed by atoms with van der Waals surface area (Å²) in [6.45, 7) is 7.95. The van der Waals surface area contributed by atoms with Gasteiger partial charge < -0.3 is 24.7 Å². The van der Waals surface area contributed by atoms with E-state index in [1.807, 2.05) is 61.2 Å². The summed E-state index contributed by atoms with van der Waals surface area (Å²) in [6.07, 6.45) is 0. The number of fused-ring (bicyclic) bond motifs is 2. The fourth-order valence-corrected chi connectivity index (χ4v) is 3.80. The van der Waals surface area contributed by atoms with Gasteiger partial charge in [0, 0.05) is 5.69 Å². The highest BCUT2D eigenvalue weighted by molar-refractivity contribution is 6.12. The van der Waals surface area contributed by atoms with Crippen LogP contribution in [0.4, 0.5) is 28.4 Å². The number of para-hydroxylation sites is 1. The lowest BCUT2D eigenvalue weighted by atomic mass is 10.0. The number of rotatable bonds is 5. The van der Waals surface area contributed by atoms with E-state index in [1.165, 1.54) is 0 Å². The van der Waals surface area contributed by atoms with E-state index in [0.717, 1.165) is 28.2 Å². The lowest BCUT2D eigenvalue weighted by molar-refractivity contribution is 0.0517. The quantitative estimate of drug-likeness (QED) is 0.415. The first-order valence-corrected chi connectivity index (χ1v) is 10.3. The number of benzene rings is 2. The third-order valence-electron chi connectivity index (χ3n) is 5.17. The van der Waals surface area contributed by atoms with Crippen molar-refractivity contribution >= 4 is 40.4 Å². The molecular weight excluding hydrogens is 394 g/mol. The van der Waals surface area contributed by atoms with Crippen LogP contribution in [0.2, 0.25) is 0 Å². The van der Waals surface area contributed by atoms with E-state index in [-0.39, 0.29) is 24.6 Å². The number of carbonyl (C=O) groups is 2. The van der Waals surface area contributed by atoms with Crippen molar-refractivity contribution in [1.82, 2.24) is 4.98 Å². The Morgan fingerprint density at radius 3 is 2.16 bits per heavy atom. The molecule has 4 rings (SSSR count). The molecule has 160 valence electrons. The number of anilines is 5. The molecule has 0 unspecified atom stereocenters. The number of nitrogens with zero attached hydrogens (tertiary/aromatic N) is 1. The van der Waals surface area contributed by atoms with Crippen LogP contribution in [0.15, 0.2) is 42.5 Å². The maximum Gasteiger partial charge on any atom is 0.357 e. The average Bonchev–Trinajstić information content (AvgIpc) is 3.13. The molecule has 3 aromatic rings. The minimum atomic E-state index is -0.540. The van der Waals surface area contributed by atoms with E-state index in [4.69, 9.17) is 9.47 Å². The normalized spacial score (nSPS) is 11.9. The van der Waals surface area contributed by atoms with Crippen LogP contribution in [-0.4, -0.2) is 30.1 Å². The van der Waals surface area contributed by atoms with Crippen LogP contribution in [0.3, 0.4) is 0 Å². The van der Waals surface area contributed by atoms with E-state index < -0.39 is 11.9 Å². The molecule has 0 aliphatic carbocycles. The number of carbonyl (C=O) groups excluding carboxylic acids is 2. The number of aryl methyl sites for hydroxylation is 2. The molecule has 1 aliphatic heterocycles. The van der Waals surface area contributed by atoms with Crippen LogP contribution < -0.4 is 10.2 Å². The number of hydrogen-bond donors (Lipinski definition) is 2. The van der Waals surface area contributed by atoms with Crippen molar-refractivity contribution in [2.24, 2.45) is 0 Å². The van der Waals surface area contributed by atoms with Gasteiger partial charge in [0.15, 0.2) is 11.4 Å². The number of nitrogens with one attached hydrogen (secondary N) is 2. The standard InChI is InChI=1S/C24H25N3O4/c1-5-30-23(28)19-18-22(20(26-19)24(29)31-6-2)27(16-12-10-14(3)11-13-16)21-15(4)8-7-9-17(21)25-18/h7-13,25-26H,5-6H2,1-4H3. The third-order valence-corrected chi connectivity index (χ3v) is 5.17. The average molecular weight is 419 g/mol. The molecule has 1 aromatic heterocycles. The van der Waals surface area contributed by atoms with Gasteiger partial charge in [0.1, 0.15) is 5.69 Å². The van der Waals surface area contributed by atoms with Crippen molar-refractivity contribution in [2.45, 2.75) is 27.7 Å². The summed E-state index contributed by atoms with van der Waals surface area (Å²) in [7, 11) is 0. The van der Waals surface area contributed by atoms with Crippen molar-refractivity contribution in [3.8, 4) is 0 Å². The second-order valence-electron chi connectivity index (χ2n) is 7.31. The zero-order valence-electron chi connectivity index (χ0n) is 18.0. The van der Waals surface area contributed by atoms with Gasteiger partial charge in [-0.1, -0.05) is 29.8 Å². The number of ether oxygens (including phenoxy) is 2.